The second-order valence-corrected chi connectivity index (χ2v) is 5.00. The molecule has 0 amide bonds. The minimum atomic E-state index is -0.308. The average molecular weight is 289 g/mol. The van der Waals surface area contributed by atoms with Crippen LogP contribution in [0.15, 0.2) is 22.7 Å². The normalized spacial score (nSPS) is 25.7. The maximum absolute atomic E-state index is 13.0. The number of aliphatic hydroxyl groups excluding tert-OH is 1. The topological polar surface area (TPSA) is 29.5 Å². The van der Waals surface area contributed by atoms with Crippen molar-refractivity contribution in [2.75, 3.05) is 13.2 Å². The van der Waals surface area contributed by atoms with E-state index < -0.39 is 0 Å². The van der Waals surface area contributed by atoms with E-state index in [2.05, 4.69) is 15.9 Å². The third kappa shape index (κ3) is 2.81. The summed E-state index contributed by atoms with van der Waals surface area (Å²) < 4.78 is 18.8. The number of benzene rings is 1. The lowest BCUT2D eigenvalue weighted by molar-refractivity contribution is -0.0350. The molecule has 1 heterocycles. The maximum atomic E-state index is 13.0. The van der Waals surface area contributed by atoms with Crippen molar-refractivity contribution in [3.63, 3.8) is 0 Å². The predicted octanol–water partition coefficient (Wildman–Crippen LogP) is 2.53. The average Bonchev–Trinajstić information content (AvgIpc) is 2.27. The molecule has 2 atom stereocenters. The largest absolute Gasteiger partial charge is 0.393 e. The van der Waals surface area contributed by atoms with Gasteiger partial charge in [-0.3, -0.25) is 0 Å². The van der Waals surface area contributed by atoms with Crippen LogP contribution >= 0.6 is 15.9 Å². The van der Waals surface area contributed by atoms with E-state index in [0.717, 1.165) is 12.0 Å². The zero-order chi connectivity index (χ0) is 11.5. The van der Waals surface area contributed by atoms with E-state index >= 15 is 0 Å². The van der Waals surface area contributed by atoms with Gasteiger partial charge in [-0.2, -0.15) is 0 Å². The van der Waals surface area contributed by atoms with E-state index in [1.807, 2.05) is 0 Å². The Kier molecular flexibility index (Phi) is 3.95. The van der Waals surface area contributed by atoms with Crippen molar-refractivity contribution in [2.45, 2.75) is 18.9 Å². The molecule has 0 aliphatic carbocycles. The number of rotatable bonds is 2. The van der Waals surface area contributed by atoms with E-state index in [9.17, 15) is 9.50 Å². The van der Waals surface area contributed by atoms with Crippen LogP contribution in [0.2, 0.25) is 0 Å². The summed E-state index contributed by atoms with van der Waals surface area (Å²) in [6.45, 7) is 1.21. The molecule has 2 unspecified atom stereocenters. The standard InChI is InChI=1S/C12H14BrFO2/c13-10-6-8(1-2-11(10)14)5-9-7-16-4-3-12(9)15/h1-2,6,9,12,15H,3-5,7H2. The highest BCUT2D eigenvalue weighted by molar-refractivity contribution is 9.10. The fraction of sp³-hybridized carbons (Fsp3) is 0.500. The number of hydrogen-bond donors (Lipinski definition) is 1. The molecule has 1 aliphatic rings. The molecule has 88 valence electrons. The van der Waals surface area contributed by atoms with Crippen LogP contribution in [0.1, 0.15) is 12.0 Å². The van der Waals surface area contributed by atoms with Gasteiger partial charge in [-0.05, 0) is 46.5 Å². The highest BCUT2D eigenvalue weighted by atomic mass is 79.9. The van der Waals surface area contributed by atoms with Crippen molar-refractivity contribution in [1.29, 1.82) is 0 Å². The fourth-order valence-corrected chi connectivity index (χ4v) is 2.38. The molecule has 16 heavy (non-hydrogen) atoms. The molecular weight excluding hydrogens is 275 g/mol. The Bertz CT molecular complexity index is 370. The molecule has 0 spiro atoms. The van der Waals surface area contributed by atoms with Gasteiger partial charge in [0.05, 0.1) is 17.2 Å². The van der Waals surface area contributed by atoms with Gasteiger partial charge in [0.15, 0.2) is 0 Å². The molecular formula is C12H14BrFO2. The first-order valence-electron chi connectivity index (χ1n) is 5.36. The predicted molar refractivity (Wildman–Crippen MR) is 62.7 cm³/mol. The lowest BCUT2D eigenvalue weighted by Crippen LogP contribution is -2.33. The number of halogens is 2. The highest BCUT2D eigenvalue weighted by Crippen LogP contribution is 2.23. The molecule has 4 heteroatoms. The van der Waals surface area contributed by atoms with Crippen molar-refractivity contribution in [1.82, 2.24) is 0 Å². The van der Waals surface area contributed by atoms with Crippen LogP contribution in [-0.2, 0) is 11.2 Å². The summed E-state index contributed by atoms with van der Waals surface area (Å²) in [7, 11) is 0. The zero-order valence-corrected chi connectivity index (χ0v) is 10.4. The van der Waals surface area contributed by atoms with Gasteiger partial charge in [0.1, 0.15) is 5.82 Å². The summed E-state index contributed by atoms with van der Waals surface area (Å²) in [6, 6.07) is 4.95. The van der Waals surface area contributed by atoms with Crippen LogP contribution in [0.4, 0.5) is 4.39 Å². The lowest BCUT2D eigenvalue weighted by atomic mass is 9.92. The van der Waals surface area contributed by atoms with Crippen LogP contribution in [0.25, 0.3) is 0 Å². The summed E-state index contributed by atoms with van der Waals surface area (Å²) in [5.41, 5.74) is 1.02. The Balaban J connectivity index is 2.05. The molecule has 1 fully saturated rings. The first-order valence-corrected chi connectivity index (χ1v) is 6.16. The first kappa shape index (κ1) is 12.0. The summed E-state index contributed by atoms with van der Waals surface area (Å²) in [5.74, 6) is -0.143. The van der Waals surface area contributed by atoms with E-state index in [1.165, 1.54) is 6.07 Å². The molecule has 1 aliphatic heterocycles. The number of hydrogen-bond acceptors (Lipinski definition) is 2. The third-order valence-corrected chi connectivity index (χ3v) is 3.52. The van der Waals surface area contributed by atoms with Crippen LogP contribution in [0.3, 0.4) is 0 Å². The van der Waals surface area contributed by atoms with Crippen molar-refractivity contribution in [2.24, 2.45) is 5.92 Å². The van der Waals surface area contributed by atoms with Gasteiger partial charge in [0.25, 0.3) is 0 Å². The summed E-state index contributed by atoms with van der Waals surface area (Å²) in [5, 5.41) is 9.79. The molecule has 2 nitrogen and oxygen atoms in total. The Morgan fingerprint density at radius 2 is 2.31 bits per heavy atom. The van der Waals surface area contributed by atoms with Crippen LogP contribution in [-0.4, -0.2) is 24.4 Å². The van der Waals surface area contributed by atoms with Crippen LogP contribution in [0.5, 0.6) is 0 Å². The van der Waals surface area contributed by atoms with Crippen molar-refractivity contribution < 1.29 is 14.2 Å². The lowest BCUT2D eigenvalue weighted by Gasteiger charge is -2.27. The second kappa shape index (κ2) is 5.25. The Morgan fingerprint density at radius 1 is 1.50 bits per heavy atom. The van der Waals surface area contributed by atoms with Crippen LogP contribution < -0.4 is 0 Å². The zero-order valence-electron chi connectivity index (χ0n) is 8.83. The maximum Gasteiger partial charge on any atom is 0.137 e. The first-order chi connectivity index (χ1) is 7.66. The monoisotopic (exact) mass is 288 g/mol. The SMILES string of the molecule is OC1CCOCC1Cc1ccc(F)c(Br)c1. The van der Waals surface area contributed by atoms with Crippen molar-refractivity contribution >= 4 is 15.9 Å². The van der Waals surface area contributed by atoms with Gasteiger partial charge in [0.2, 0.25) is 0 Å². The molecule has 0 bridgehead atoms. The molecule has 2 rings (SSSR count). The Morgan fingerprint density at radius 3 is 3.00 bits per heavy atom. The van der Waals surface area contributed by atoms with Gasteiger partial charge < -0.3 is 9.84 Å². The minimum Gasteiger partial charge on any atom is -0.393 e. The summed E-state index contributed by atoms with van der Waals surface area (Å²) in [6.07, 6.45) is 1.10. The molecule has 1 aromatic carbocycles. The minimum absolute atomic E-state index is 0.117. The fourth-order valence-electron chi connectivity index (χ4n) is 1.95. The van der Waals surface area contributed by atoms with Gasteiger partial charge in [-0.1, -0.05) is 6.07 Å². The van der Waals surface area contributed by atoms with Gasteiger partial charge in [-0.15, -0.1) is 0 Å². The van der Waals surface area contributed by atoms with Crippen molar-refractivity contribution in [3.05, 3.63) is 34.1 Å². The van der Waals surface area contributed by atoms with E-state index in [4.69, 9.17) is 4.74 Å². The molecule has 0 radical (unpaired) electrons. The van der Waals surface area contributed by atoms with E-state index in [-0.39, 0.29) is 17.8 Å². The molecule has 1 aromatic rings. The summed E-state index contributed by atoms with van der Waals surface area (Å²) in [4.78, 5) is 0. The van der Waals surface area contributed by atoms with Gasteiger partial charge >= 0.3 is 0 Å². The molecule has 1 N–H and O–H groups in total. The highest BCUT2D eigenvalue weighted by Gasteiger charge is 2.23. The second-order valence-electron chi connectivity index (χ2n) is 4.14. The van der Waals surface area contributed by atoms with Gasteiger partial charge in [0, 0.05) is 12.5 Å². The number of ether oxygens (including phenoxy) is 1. The van der Waals surface area contributed by atoms with E-state index in [0.29, 0.717) is 24.1 Å². The summed E-state index contributed by atoms with van der Waals surface area (Å²) >= 11 is 3.16. The number of aliphatic hydroxyl groups is 1. The van der Waals surface area contributed by atoms with Crippen molar-refractivity contribution in [3.8, 4) is 0 Å². The van der Waals surface area contributed by atoms with Gasteiger partial charge in [-0.25, -0.2) is 4.39 Å². The van der Waals surface area contributed by atoms with E-state index in [1.54, 1.807) is 12.1 Å². The molecule has 0 aromatic heterocycles. The molecule has 0 saturated carbocycles. The Labute approximate surface area is 103 Å². The third-order valence-electron chi connectivity index (χ3n) is 2.92. The quantitative estimate of drug-likeness (QED) is 0.906. The Hall–Kier alpha value is -0.450. The smallest absolute Gasteiger partial charge is 0.137 e. The van der Waals surface area contributed by atoms with Crippen LogP contribution in [0, 0.1) is 11.7 Å². The molecule has 1 saturated heterocycles.